The summed E-state index contributed by atoms with van der Waals surface area (Å²) in [7, 11) is 1.73. The lowest BCUT2D eigenvalue weighted by Gasteiger charge is -2.21. The second-order valence-corrected chi connectivity index (χ2v) is 6.39. The zero-order valence-corrected chi connectivity index (χ0v) is 13.8. The molecule has 0 saturated carbocycles. The number of amides is 1. The fourth-order valence-corrected chi connectivity index (χ4v) is 3.20. The molecule has 118 valence electrons. The van der Waals surface area contributed by atoms with Crippen LogP contribution in [-0.2, 0) is 17.9 Å². The Labute approximate surface area is 134 Å². The number of halogens is 1. The number of thioether (sulfide) groups is 1. The average Bonchev–Trinajstić information content (AvgIpc) is 2.93. The molecule has 1 aromatic carbocycles. The molecule has 0 saturated heterocycles. The van der Waals surface area contributed by atoms with Gasteiger partial charge in [0.15, 0.2) is 5.16 Å². The van der Waals surface area contributed by atoms with Crippen molar-refractivity contribution < 1.29 is 9.18 Å². The molecule has 2 aromatic rings. The number of hydrogen-bond donors (Lipinski definition) is 0. The maximum Gasteiger partial charge on any atom is 0.235 e. The Bertz CT molecular complexity index is 644. The minimum Gasteiger partial charge on any atom is -0.340 e. The molecule has 0 aliphatic carbocycles. The van der Waals surface area contributed by atoms with Gasteiger partial charge >= 0.3 is 0 Å². The van der Waals surface area contributed by atoms with Crippen molar-refractivity contribution in [1.29, 1.82) is 0 Å². The highest BCUT2D eigenvalue weighted by molar-refractivity contribution is 8.00. The van der Waals surface area contributed by atoms with E-state index < -0.39 is 0 Å². The van der Waals surface area contributed by atoms with E-state index in [1.54, 1.807) is 24.2 Å². The molecule has 1 heterocycles. The van der Waals surface area contributed by atoms with Gasteiger partial charge < -0.3 is 9.47 Å². The second kappa shape index (κ2) is 7.45. The summed E-state index contributed by atoms with van der Waals surface area (Å²) in [6, 6.07) is 6.31. The van der Waals surface area contributed by atoms with Gasteiger partial charge in [-0.05, 0) is 31.5 Å². The van der Waals surface area contributed by atoms with Crippen molar-refractivity contribution in [3.8, 4) is 0 Å². The first kappa shape index (κ1) is 16.5. The molecule has 0 fully saturated rings. The number of benzene rings is 1. The van der Waals surface area contributed by atoms with E-state index in [0.29, 0.717) is 6.54 Å². The van der Waals surface area contributed by atoms with E-state index in [1.165, 1.54) is 23.9 Å². The number of aromatic nitrogens is 2. The predicted molar refractivity (Wildman–Crippen MR) is 86.1 cm³/mol. The van der Waals surface area contributed by atoms with Crippen LogP contribution in [0.5, 0.6) is 0 Å². The van der Waals surface area contributed by atoms with Gasteiger partial charge in [0.1, 0.15) is 5.82 Å². The molecule has 1 unspecified atom stereocenters. The van der Waals surface area contributed by atoms with E-state index in [1.807, 2.05) is 30.7 Å². The van der Waals surface area contributed by atoms with Crippen molar-refractivity contribution in [2.45, 2.75) is 37.3 Å². The van der Waals surface area contributed by atoms with Crippen LogP contribution in [0.15, 0.2) is 41.8 Å². The Morgan fingerprint density at radius 2 is 2.27 bits per heavy atom. The summed E-state index contributed by atoms with van der Waals surface area (Å²) in [4.78, 5) is 18.3. The molecule has 1 aromatic heterocycles. The molecule has 4 nitrogen and oxygen atoms in total. The predicted octanol–water partition coefficient (Wildman–Crippen LogP) is 3.18. The van der Waals surface area contributed by atoms with Crippen LogP contribution < -0.4 is 0 Å². The normalized spacial score (nSPS) is 12.2. The van der Waals surface area contributed by atoms with E-state index in [4.69, 9.17) is 0 Å². The summed E-state index contributed by atoms with van der Waals surface area (Å²) >= 11 is 1.44. The van der Waals surface area contributed by atoms with Gasteiger partial charge in [-0.15, -0.1) is 0 Å². The Hall–Kier alpha value is -1.82. The number of hydrogen-bond acceptors (Lipinski definition) is 3. The lowest BCUT2D eigenvalue weighted by atomic mass is 10.2. The number of carbonyl (C=O) groups is 1. The van der Waals surface area contributed by atoms with Gasteiger partial charge in [0.2, 0.25) is 5.91 Å². The monoisotopic (exact) mass is 321 g/mol. The number of imidazole rings is 1. The van der Waals surface area contributed by atoms with Gasteiger partial charge in [0.25, 0.3) is 0 Å². The standard InChI is InChI=1S/C16H20FN3OS/c1-4-20-9-8-18-16(20)22-12(2)15(21)19(3)11-13-6-5-7-14(17)10-13/h5-10,12H,4,11H2,1-3H3. The minimum atomic E-state index is -0.286. The van der Waals surface area contributed by atoms with Crippen molar-refractivity contribution in [3.63, 3.8) is 0 Å². The first-order valence-corrected chi connectivity index (χ1v) is 8.06. The van der Waals surface area contributed by atoms with E-state index in [-0.39, 0.29) is 17.0 Å². The Balaban J connectivity index is 1.97. The highest BCUT2D eigenvalue weighted by Gasteiger charge is 2.20. The first-order valence-electron chi connectivity index (χ1n) is 7.18. The summed E-state index contributed by atoms with van der Waals surface area (Å²) in [5.41, 5.74) is 0.781. The molecule has 0 aliphatic heterocycles. The van der Waals surface area contributed by atoms with Gasteiger partial charge in [0.05, 0.1) is 5.25 Å². The number of nitrogens with zero attached hydrogens (tertiary/aromatic N) is 3. The van der Waals surface area contributed by atoms with Crippen molar-refractivity contribution in [1.82, 2.24) is 14.5 Å². The van der Waals surface area contributed by atoms with Crippen molar-refractivity contribution in [2.75, 3.05) is 7.05 Å². The van der Waals surface area contributed by atoms with Crippen LogP contribution in [0.4, 0.5) is 4.39 Å². The molecule has 0 spiro atoms. The largest absolute Gasteiger partial charge is 0.340 e. The molecule has 2 rings (SSSR count). The third-order valence-electron chi connectivity index (χ3n) is 3.33. The number of carbonyl (C=O) groups excluding carboxylic acids is 1. The molecule has 22 heavy (non-hydrogen) atoms. The van der Waals surface area contributed by atoms with Crippen molar-refractivity contribution in [3.05, 3.63) is 48.0 Å². The van der Waals surface area contributed by atoms with Gasteiger partial charge in [0, 0.05) is 32.5 Å². The van der Waals surface area contributed by atoms with E-state index in [2.05, 4.69) is 4.98 Å². The third-order valence-corrected chi connectivity index (χ3v) is 4.44. The summed E-state index contributed by atoms with van der Waals surface area (Å²) in [6.45, 7) is 5.12. The average molecular weight is 321 g/mol. The zero-order chi connectivity index (χ0) is 16.1. The molecular formula is C16H20FN3OS. The molecule has 1 amide bonds. The van der Waals surface area contributed by atoms with Gasteiger partial charge in [-0.3, -0.25) is 4.79 Å². The lowest BCUT2D eigenvalue weighted by Crippen LogP contribution is -2.33. The van der Waals surface area contributed by atoms with Crippen LogP contribution in [0.2, 0.25) is 0 Å². The maximum atomic E-state index is 13.2. The summed E-state index contributed by atoms with van der Waals surface area (Å²) in [5.74, 6) is -0.286. The summed E-state index contributed by atoms with van der Waals surface area (Å²) in [5, 5.41) is 0.591. The summed E-state index contributed by atoms with van der Waals surface area (Å²) < 4.78 is 15.2. The molecular weight excluding hydrogens is 301 g/mol. The smallest absolute Gasteiger partial charge is 0.235 e. The Kier molecular flexibility index (Phi) is 5.60. The van der Waals surface area contributed by atoms with Gasteiger partial charge in [-0.1, -0.05) is 23.9 Å². The maximum absolute atomic E-state index is 13.2. The highest BCUT2D eigenvalue weighted by Crippen LogP contribution is 2.23. The quantitative estimate of drug-likeness (QED) is 0.767. The zero-order valence-electron chi connectivity index (χ0n) is 13.0. The molecule has 0 N–H and O–H groups in total. The van der Waals surface area contributed by atoms with E-state index in [0.717, 1.165) is 17.3 Å². The van der Waals surface area contributed by atoms with E-state index in [9.17, 15) is 9.18 Å². The summed E-state index contributed by atoms with van der Waals surface area (Å²) in [6.07, 6.45) is 3.63. The molecule has 6 heteroatoms. The fourth-order valence-electron chi connectivity index (χ4n) is 2.16. The Morgan fingerprint density at radius 3 is 2.95 bits per heavy atom. The van der Waals surface area contributed by atoms with Gasteiger partial charge in [-0.2, -0.15) is 0 Å². The minimum absolute atomic E-state index is 0.0000794. The lowest BCUT2D eigenvalue weighted by molar-refractivity contribution is -0.129. The van der Waals surface area contributed by atoms with Crippen LogP contribution in [0, 0.1) is 5.82 Å². The van der Waals surface area contributed by atoms with Crippen LogP contribution in [0.25, 0.3) is 0 Å². The van der Waals surface area contributed by atoms with Crippen LogP contribution in [0.3, 0.4) is 0 Å². The third kappa shape index (κ3) is 4.10. The van der Waals surface area contributed by atoms with Crippen molar-refractivity contribution in [2.24, 2.45) is 0 Å². The first-order chi connectivity index (χ1) is 10.5. The number of rotatable bonds is 6. The molecule has 0 aliphatic rings. The van der Waals surface area contributed by atoms with Crippen LogP contribution in [0.1, 0.15) is 19.4 Å². The fraction of sp³-hybridized carbons (Fsp3) is 0.375. The van der Waals surface area contributed by atoms with E-state index >= 15 is 0 Å². The second-order valence-electron chi connectivity index (χ2n) is 5.08. The Morgan fingerprint density at radius 1 is 1.50 bits per heavy atom. The molecule has 0 radical (unpaired) electrons. The van der Waals surface area contributed by atoms with Crippen LogP contribution in [-0.4, -0.2) is 32.7 Å². The van der Waals surface area contributed by atoms with Gasteiger partial charge in [-0.25, -0.2) is 9.37 Å². The SMILES string of the molecule is CCn1ccnc1SC(C)C(=O)N(C)Cc1cccc(F)c1. The highest BCUT2D eigenvalue weighted by atomic mass is 32.2. The molecule has 1 atom stereocenters. The van der Waals surface area contributed by atoms with Crippen LogP contribution >= 0.6 is 11.8 Å². The topological polar surface area (TPSA) is 38.1 Å². The number of aryl methyl sites for hydroxylation is 1. The van der Waals surface area contributed by atoms with Crippen molar-refractivity contribution >= 4 is 17.7 Å². The molecule has 0 bridgehead atoms.